The van der Waals surface area contributed by atoms with Crippen LogP contribution in [0.1, 0.15) is 12.7 Å². The molecule has 1 heterocycles. The smallest absolute Gasteiger partial charge is 0.117 e. The lowest BCUT2D eigenvalue weighted by Crippen LogP contribution is -2.42. The Morgan fingerprint density at radius 3 is 2.94 bits per heavy atom. The van der Waals surface area contributed by atoms with Gasteiger partial charge in [-0.2, -0.15) is 0 Å². The highest BCUT2D eigenvalue weighted by Crippen LogP contribution is 2.06. The van der Waals surface area contributed by atoms with Crippen LogP contribution in [0.2, 0.25) is 0 Å². The van der Waals surface area contributed by atoms with Crippen LogP contribution < -0.4 is 5.32 Å². The minimum Gasteiger partial charge on any atom is -0.468 e. The van der Waals surface area contributed by atoms with E-state index >= 15 is 0 Å². The van der Waals surface area contributed by atoms with Crippen molar-refractivity contribution in [2.24, 2.45) is 0 Å². The van der Waals surface area contributed by atoms with Gasteiger partial charge < -0.3 is 14.5 Å². The molecule has 1 aromatic heterocycles. The average Bonchev–Trinajstić information content (AvgIpc) is 2.76. The third-order valence-corrected chi connectivity index (χ3v) is 2.60. The fourth-order valence-electron chi connectivity index (χ4n) is 1.62. The SMILES string of the molecule is CCNCC(COC)N(C)Cc1ccco1. The standard InChI is InChI=1S/C12H22N2O2/c1-4-13-8-11(10-15-3)14(2)9-12-6-5-7-16-12/h5-7,11,13H,4,8-10H2,1-3H3. The van der Waals surface area contributed by atoms with Crippen molar-refractivity contribution in [3.8, 4) is 0 Å². The van der Waals surface area contributed by atoms with Gasteiger partial charge in [0.1, 0.15) is 5.76 Å². The number of nitrogens with one attached hydrogen (secondary N) is 1. The van der Waals surface area contributed by atoms with Crippen LogP contribution in [0.4, 0.5) is 0 Å². The average molecular weight is 226 g/mol. The highest BCUT2D eigenvalue weighted by atomic mass is 16.5. The molecule has 1 N–H and O–H groups in total. The number of methoxy groups -OCH3 is 1. The van der Waals surface area contributed by atoms with E-state index in [0.717, 1.165) is 32.0 Å². The second kappa shape index (κ2) is 7.44. The minimum atomic E-state index is 0.370. The number of hydrogen-bond acceptors (Lipinski definition) is 4. The summed E-state index contributed by atoms with van der Waals surface area (Å²) in [6.07, 6.45) is 1.71. The zero-order chi connectivity index (χ0) is 11.8. The molecule has 0 aromatic carbocycles. The van der Waals surface area contributed by atoms with Crippen molar-refractivity contribution >= 4 is 0 Å². The summed E-state index contributed by atoms with van der Waals surface area (Å²) in [6, 6.07) is 4.28. The summed E-state index contributed by atoms with van der Waals surface area (Å²) in [7, 11) is 3.82. The summed E-state index contributed by atoms with van der Waals surface area (Å²) >= 11 is 0. The lowest BCUT2D eigenvalue weighted by molar-refractivity contribution is 0.0976. The van der Waals surface area contributed by atoms with E-state index in [4.69, 9.17) is 9.15 Å². The Balaban J connectivity index is 2.42. The molecule has 0 amide bonds. The summed E-state index contributed by atoms with van der Waals surface area (Å²) in [6.45, 7) is 5.56. The van der Waals surface area contributed by atoms with Crippen molar-refractivity contribution in [3.05, 3.63) is 24.2 Å². The van der Waals surface area contributed by atoms with Gasteiger partial charge >= 0.3 is 0 Å². The van der Waals surface area contributed by atoms with Gasteiger partial charge in [0.15, 0.2) is 0 Å². The van der Waals surface area contributed by atoms with Crippen LogP contribution in [-0.2, 0) is 11.3 Å². The monoisotopic (exact) mass is 226 g/mol. The minimum absolute atomic E-state index is 0.370. The summed E-state index contributed by atoms with van der Waals surface area (Å²) in [5, 5.41) is 3.34. The molecule has 0 radical (unpaired) electrons. The highest BCUT2D eigenvalue weighted by Gasteiger charge is 2.15. The molecule has 0 aliphatic heterocycles. The molecule has 4 nitrogen and oxygen atoms in total. The molecule has 0 fully saturated rings. The first-order chi connectivity index (χ1) is 7.77. The van der Waals surface area contributed by atoms with Crippen LogP contribution in [0.3, 0.4) is 0 Å². The third kappa shape index (κ3) is 4.35. The van der Waals surface area contributed by atoms with Gasteiger partial charge in [0.25, 0.3) is 0 Å². The van der Waals surface area contributed by atoms with E-state index in [0.29, 0.717) is 6.04 Å². The molecule has 0 aliphatic rings. The van der Waals surface area contributed by atoms with E-state index < -0.39 is 0 Å². The van der Waals surface area contributed by atoms with E-state index in [2.05, 4.69) is 24.2 Å². The molecule has 0 saturated carbocycles. The summed E-state index contributed by atoms with van der Waals surface area (Å²) in [5.74, 6) is 0.986. The second-order valence-electron chi connectivity index (χ2n) is 3.91. The summed E-state index contributed by atoms with van der Waals surface area (Å²) < 4.78 is 10.6. The lowest BCUT2D eigenvalue weighted by atomic mass is 10.2. The Labute approximate surface area is 97.6 Å². The number of rotatable bonds is 8. The zero-order valence-electron chi connectivity index (χ0n) is 10.4. The zero-order valence-corrected chi connectivity index (χ0v) is 10.4. The molecule has 4 heteroatoms. The third-order valence-electron chi connectivity index (χ3n) is 2.60. The molecular formula is C12H22N2O2. The summed E-state index contributed by atoms with van der Waals surface area (Å²) in [4.78, 5) is 2.24. The van der Waals surface area contributed by atoms with Gasteiger partial charge in [0.2, 0.25) is 0 Å². The first-order valence-electron chi connectivity index (χ1n) is 5.70. The molecule has 0 saturated heterocycles. The molecule has 0 spiro atoms. The van der Waals surface area contributed by atoms with Crippen molar-refractivity contribution in [1.29, 1.82) is 0 Å². The maximum absolute atomic E-state index is 5.33. The Morgan fingerprint density at radius 2 is 2.38 bits per heavy atom. The molecule has 1 unspecified atom stereocenters. The molecule has 1 atom stereocenters. The Morgan fingerprint density at radius 1 is 1.56 bits per heavy atom. The van der Waals surface area contributed by atoms with Crippen molar-refractivity contribution in [1.82, 2.24) is 10.2 Å². The Bertz CT molecular complexity index is 262. The van der Waals surface area contributed by atoms with Crippen molar-refractivity contribution in [2.45, 2.75) is 19.5 Å². The number of likely N-dealkylation sites (N-methyl/N-ethyl adjacent to an activating group) is 2. The maximum Gasteiger partial charge on any atom is 0.117 e. The van der Waals surface area contributed by atoms with Crippen LogP contribution in [0, 0.1) is 0 Å². The first kappa shape index (κ1) is 13.2. The molecule has 92 valence electrons. The van der Waals surface area contributed by atoms with E-state index in [1.54, 1.807) is 13.4 Å². The van der Waals surface area contributed by atoms with Gasteiger partial charge in [0.05, 0.1) is 19.4 Å². The van der Waals surface area contributed by atoms with Crippen molar-refractivity contribution in [3.63, 3.8) is 0 Å². The lowest BCUT2D eigenvalue weighted by Gasteiger charge is -2.26. The molecule has 1 aromatic rings. The predicted molar refractivity (Wildman–Crippen MR) is 64.4 cm³/mol. The normalized spacial score (nSPS) is 13.2. The fourth-order valence-corrected chi connectivity index (χ4v) is 1.62. The van der Waals surface area contributed by atoms with Gasteiger partial charge in [-0.1, -0.05) is 6.92 Å². The van der Waals surface area contributed by atoms with E-state index in [1.807, 2.05) is 12.1 Å². The first-order valence-corrected chi connectivity index (χ1v) is 5.70. The van der Waals surface area contributed by atoms with Crippen molar-refractivity contribution in [2.75, 3.05) is 33.9 Å². The largest absolute Gasteiger partial charge is 0.468 e. The van der Waals surface area contributed by atoms with E-state index in [-0.39, 0.29) is 0 Å². The fraction of sp³-hybridized carbons (Fsp3) is 0.667. The quantitative estimate of drug-likeness (QED) is 0.726. The molecule has 0 aliphatic carbocycles. The number of furan rings is 1. The molecule has 16 heavy (non-hydrogen) atoms. The van der Waals surface area contributed by atoms with Crippen LogP contribution in [0.25, 0.3) is 0 Å². The van der Waals surface area contributed by atoms with Crippen LogP contribution >= 0.6 is 0 Å². The van der Waals surface area contributed by atoms with Crippen LogP contribution in [-0.4, -0.2) is 44.8 Å². The number of ether oxygens (including phenoxy) is 1. The van der Waals surface area contributed by atoms with Gasteiger partial charge in [-0.15, -0.1) is 0 Å². The predicted octanol–water partition coefficient (Wildman–Crippen LogP) is 1.34. The van der Waals surface area contributed by atoms with Gasteiger partial charge in [0, 0.05) is 19.7 Å². The maximum atomic E-state index is 5.33. The second-order valence-corrected chi connectivity index (χ2v) is 3.91. The van der Waals surface area contributed by atoms with Crippen molar-refractivity contribution < 1.29 is 9.15 Å². The molecular weight excluding hydrogens is 204 g/mol. The van der Waals surface area contributed by atoms with Crippen LogP contribution in [0.5, 0.6) is 0 Å². The number of nitrogens with zero attached hydrogens (tertiary/aromatic N) is 1. The molecule has 1 rings (SSSR count). The topological polar surface area (TPSA) is 37.6 Å². The molecule has 0 bridgehead atoms. The summed E-state index contributed by atoms with van der Waals surface area (Å²) in [5.41, 5.74) is 0. The van der Waals surface area contributed by atoms with Gasteiger partial charge in [-0.05, 0) is 25.7 Å². The Kier molecular flexibility index (Phi) is 6.15. The number of hydrogen-bond donors (Lipinski definition) is 1. The van der Waals surface area contributed by atoms with E-state index in [1.165, 1.54) is 0 Å². The highest BCUT2D eigenvalue weighted by molar-refractivity contribution is 4.98. The van der Waals surface area contributed by atoms with Gasteiger partial charge in [-0.3, -0.25) is 4.90 Å². The Hall–Kier alpha value is -0.840. The van der Waals surface area contributed by atoms with Gasteiger partial charge in [-0.25, -0.2) is 0 Å². The van der Waals surface area contributed by atoms with E-state index in [9.17, 15) is 0 Å². The van der Waals surface area contributed by atoms with Crippen LogP contribution in [0.15, 0.2) is 22.8 Å².